The minimum atomic E-state index is -4.36. The van der Waals surface area contributed by atoms with Gasteiger partial charge in [0.15, 0.2) is 12.4 Å². The molecule has 0 saturated carbocycles. The van der Waals surface area contributed by atoms with E-state index in [1.165, 1.54) is 11.5 Å². The number of pyridine rings is 2. The highest BCUT2D eigenvalue weighted by molar-refractivity contribution is 7.50. The third-order valence-corrected chi connectivity index (χ3v) is 3.98. The zero-order valence-corrected chi connectivity index (χ0v) is 10.7. The Hall–Kier alpha value is -1.55. The molecule has 2 atom stereocenters. The largest absolute Gasteiger partial charge is 0.774 e. The maximum atomic E-state index is 11.0. The Morgan fingerprint density at radius 3 is 2.22 bits per heavy atom. The van der Waals surface area contributed by atoms with Gasteiger partial charge in [-0.2, -0.15) is 4.57 Å². The van der Waals surface area contributed by atoms with Crippen LogP contribution in [-0.2, 0) is 4.57 Å². The maximum Gasteiger partial charge on any atom is 0.216 e. The third kappa shape index (κ3) is 2.82. The van der Waals surface area contributed by atoms with Gasteiger partial charge in [-0.3, -0.25) is 4.98 Å². The Morgan fingerprint density at radius 1 is 1.22 bits per heavy atom. The van der Waals surface area contributed by atoms with Crippen molar-refractivity contribution in [3.63, 3.8) is 0 Å². The first-order valence-electron chi connectivity index (χ1n) is 5.43. The highest BCUT2D eigenvalue weighted by Crippen LogP contribution is 2.40. The van der Waals surface area contributed by atoms with E-state index in [4.69, 9.17) is 4.89 Å². The van der Waals surface area contributed by atoms with Crippen molar-refractivity contribution in [1.82, 2.24) is 4.98 Å². The fourth-order valence-electron chi connectivity index (χ4n) is 1.59. The van der Waals surface area contributed by atoms with Crippen molar-refractivity contribution in [3.8, 4) is 11.1 Å². The van der Waals surface area contributed by atoms with E-state index in [0.29, 0.717) is 0 Å². The van der Waals surface area contributed by atoms with Gasteiger partial charge in [0.05, 0.1) is 0 Å². The van der Waals surface area contributed by atoms with Gasteiger partial charge in [-0.25, -0.2) is 0 Å². The Balaban J connectivity index is 2.29. The summed E-state index contributed by atoms with van der Waals surface area (Å²) in [6.07, 6.45) is 6.64. The summed E-state index contributed by atoms with van der Waals surface area (Å²) in [4.78, 5) is 24.0. The molecule has 94 valence electrons. The summed E-state index contributed by atoms with van der Waals surface area (Å²) in [7, 11) is -4.36. The van der Waals surface area contributed by atoms with E-state index in [-0.39, 0.29) is 0 Å². The van der Waals surface area contributed by atoms with Crippen molar-refractivity contribution in [1.29, 1.82) is 0 Å². The molecule has 2 aromatic heterocycles. The first-order valence-corrected chi connectivity index (χ1v) is 7.08. The fraction of sp³-hybridized carbons (Fsp3) is 0.167. The quantitative estimate of drug-likeness (QED) is 0.665. The second-order valence-corrected chi connectivity index (χ2v) is 5.84. The lowest BCUT2D eigenvalue weighted by Crippen LogP contribution is -2.38. The van der Waals surface area contributed by atoms with Gasteiger partial charge >= 0.3 is 0 Å². The average Bonchev–Trinajstić information content (AvgIpc) is 2.38. The van der Waals surface area contributed by atoms with E-state index in [1.807, 2.05) is 12.1 Å². The molecule has 0 radical (unpaired) electrons. The van der Waals surface area contributed by atoms with Crippen molar-refractivity contribution in [2.75, 3.05) is 0 Å². The Labute approximate surface area is 105 Å². The van der Waals surface area contributed by atoms with Crippen LogP contribution in [0, 0.1) is 0 Å². The summed E-state index contributed by atoms with van der Waals surface area (Å²) in [5.41, 5.74) is 1.96. The van der Waals surface area contributed by atoms with Gasteiger partial charge in [0.25, 0.3) is 0 Å². The van der Waals surface area contributed by atoms with Gasteiger partial charge in [0.1, 0.15) is 0 Å². The average molecular weight is 264 g/mol. The van der Waals surface area contributed by atoms with E-state index in [9.17, 15) is 9.46 Å². The number of hydrogen-bond acceptors (Lipinski definition) is 3. The molecule has 0 saturated heterocycles. The lowest BCUT2D eigenvalue weighted by Gasteiger charge is -2.18. The highest BCUT2D eigenvalue weighted by Gasteiger charge is 2.23. The number of aromatic nitrogens is 2. The molecule has 1 N–H and O–H groups in total. The van der Waals surface area contributed by atoms with Crippen LogP contribution in [0.2, 0.25) is 0 Å². The fourth-order valence-corrected chi connectivity index (χ4v) is 2.08. The molecule has 0 spiro atoms. The third-order valence-electron chi connectivity index (χ3n) is 2.77. The Morgan fingerprint density at radius 2 is 1.72 bits per heavy atom. The first-order chi connectivity index (χ1) is 8.48. The van der Waals surface area contributed by atoms with Gasteiger partial charge < -0.3 is 14.4 Å². The van der Waals surface area contributed by atoms with Crippen molar-refractivity contribution in [3.05, 3.63) is 49.1 Å². The molecule has 0 fully saturated rings. The monoisotopic (exact) mass is 264 g/mol. The Bertz CT molecular complexity index is 566. The molecule has 2 rings (SSSR count). The molecule has 2 aromatic rings. The summed E-state index contributed by atoms with van der Waals surface area (Å²) < 4.78 is 12.5. The van der Waals surface area contributed by atoms with Crippen LogP contribution >= 0.6 is 7.60 Å². The summed E-state index contributed by atoms with van der Waals surface area (Å²) in [5, 5.41) is 0. The second-order valence-electron chi connectivity index (χ2n) is 3.97. The normalized spacial score (nSPS) is 15.9. The molecular weight excluding hydrogens is 251 g/mol. The number of hydrogen-bond donors (Lipinski definition) is 1. The van der Waals surface area contributed by atoms with Crippen LogP contribution in [0.25, 0.3) is 11.1 Å². The standard InChI is InChI=1S/C12H13N2O3P/c1-10(18(15,16)17)14-8-4-12(5-9-14)11-2-6-13-7-3-11/h2-10H,1H3,(H-,15,16,17). The lowest BCUT2D eigenvalue weighted by atomic mass is 10.1. The van der Waals surface area contributed by atoms with E-state index in [1.54, 1.807) is 36.9 Å². The minimum absolute atomic E-state index is 0.958. The van der Waals surface area contributed by atoms with Crippen molar-refractivity contribution >= 4 is 7.60 Å². The molecule has 0 amide bonds. The minimum Gasteiger partial charge on any atom is -0.774 e. The predicted octanol–water partition coefficient (Wildman–Crippen LogP) is 1.10. The van der Waals surface area contributed by atoms with Crippen LogP contribution in [0.4, 0.5) is 0 Å². The molecule has 0 aromatic carbocycles. The maximum absolute atomic E-state index is 11.0. The molecule has 18 heavy (non-hydrogen) atoms. The van der Waals surface area contributed by atoms with Gasteiger partial charge in [-0.05, 0) is 23.3 Å². The van der Waals surface area contributed by atoms with Gasteiger partial charge in [0.2, 0.25) is 13.4 Å². The van der Waals surface area contributed by atoms with Crippen LogP contribution < -0.4 is 9.46 Å². The summed E-state index contributed by atoms with van der Waals surface area (Å²) >= 11 is 0. The van der Waals surface area contributed by atoms with Crippen LogP contribution in [-0.4, -0.2) is 9.88 Å². The molecule has 2 unspecified atom stereocenters. The molecule has 2 heterocycles. The topological polar surface area (TPSA) is 77.1 Å². The zero-order chi connectivity index (χ0) is 13.2. The smallest absolute Gasteiger partial charge is 0.216 e. The molecular formula is C12H13N2O3P. The predicted molar refractivity (Wildman–Crippen MR) is 64.4 cm³/mol. The molecule has 0 bridgehead atoms. The van der Waals surface area contributed by atoms with Crippen LogP contribution in [0.1, 0.15) is 12.7 Å². The van der Waals surface area contributed by atoms with Crippen molar-refractivity contribution in [2.24, 2.45) is 0 Å². The second kappa shape index (κ2) is 4.98. The summed E-state index contributed by atoms with van der Waals surface area (Å²) in [6.45, 7) is 1.43. The SMILES string of the molecule is CC([n+]1ccc(-c2ccncc2)cc1)P(=O)([O-])O. The molecule has 0 aliphatic heterocycles. The van der Waals surface area contributed by atoms with Crippen molar-refractivity contribution in [2.45, 2.75) is 12.7 Å². The number of rotatable bonds is 3. The lowest BCUT2D eigenvalue weighted by molar-refractivity contribution is -0.703. The van der Waals surface area contributed by atoms with E-state index >= 15 is 0 Å². The summed E-state index contributed by atoms with van der Waals surface area (Å²) in [6, 6.07) is 7.32. The van der Waals surface area contributed by atoms with Crippen LogP contribution in [0.5, 0.6) is 0 Å². The molecule has 0 aliphatic carbocycles. The van der Waals surface area contributed by atoms with E-state index in [2.05, 4.69) is 4.98 Å². The first kappa shape index (κ1) is 12.9. The van der Waals surface area contributed by atoms with Gasteiger partial charge in [-0.1, -0.05) is 0 Å². The van der Waals surface area contributed by atoms with E-state index < -0.39 is 13.4 Å². The highest BCUT2D eigenvalue weighted by atomic mass is 31.2. The Kier molecular flexibility index (Phi) is 3.57. The van der Waals surface area contributed by atoms with Crippen molar-refractivity contribution < 1.29 is 18.9 Å². The van der Waals surface area contributed by atoms with Gasteiger partial charge in [-0.15, -0.1) is 0 Å². The molecule has 5 nitrogen and oxygen atoms in total. The van der Waals surface area contributed by atoms with E-state index in [0.717, 1.165) is 11.1 Å². The molecule has 0 aliphatic rings. The van der Waals surface area contributed by atoms with Crippen LogP contribution in [0.15, 0.2) is 49.1 Å². The molecule has 6 heteroatoms. The summed E-state index contributed by atoms with van der Waals surface area (Å²) in [5.74, 6) is -0.969. The zero-order valence-electron chi connectivity index (χ0n) is 9.80. The van der Waals surface area contributed by atoms with Crippen LogP contribution in [0.3, 0.4) is 0 Å². The van der Waals surface area contributed by atoms with Gasteiger partial charge in [0, 0.05) is 31.5 Å². The number of nitrogens with zero attached hydrogens (tertiary/aromatic N) is 2.